The number of rotatable bonds is 1. The zero-order valence-electron chi connectivity index (χ0n) is 8.78. The molecule has 0 amide bonds. The van der Waals surface area contributed by atoms with E-state index in [0.29, 0.717) is 5.56 Å². The molecule has 0 aliphatic rings. The molecule has 0 radical (unpaired) electrons. The van der Waals surface area contributed by atoms with Crippen LogP contribution in [0.3, 0.4) is 0 Å². The summed E-state index contributed by atoms with van der Waals surface area (Å²) in [4.78, 5) is 11.5. The van der Waals surface area contributed by atoms with Crippen molar-refractivity contribution in [1.29, 1.82) is 0 Å². The van der Waals surface area contributed by atoms with Crippen molar-refractivity contribution in [3.05, 3.63) is 47.5 Å². The SMILES string of the molecule is COC(=O)c1cc2ccccc2cc1C. The Morgan fingerprint density at radius 2 is 1.73 bits per heavy atom. The number of esters is 1. The van der Waals surface area contributed by atoms with E-state index in [-0.39, 0.29) is 5.97 Å². The minimum Gasteiger partial charge on any atom is -0.465 e. The lowest BCUT2D eigenvalue weighted by Gasteiger charge is -2.05. The van der Waals surface area contributed by atoms with Crippen LogP contribution < -0.4 is 0 Å². The van der Waals surface area contributed by atoms with Gasteiger partial charge in [0.15, 0.2) is 0 Å². The zero-order valence-corrected chi connectivity index (χ0v) is 8.78. The second kappa shape index (κ2) is 3.73. The first-order valence-corrected chi connectivity index (χ1v) is 4.80. The maximum Gasteiger partial charge on any atom is 0.338 e. The van der Waals surface area contributed by atoms with Crippen LogP contribution in [0, 0.1) is 6.92 Å². The van der Waals surface area contributed by atoms with E-state index in [0.717, 1.165) is 16.3 Å². The summed E-state index contributed by atoms with van der Waals surface area (Å²) >= 11 is 0. The number of hydrogen-bond acceptors (Lipinski definition) is 2. The van der Waals surface area contributed by atoms with Gasteiger partial charge in [-0.2, -0.15) is 0 Å². The van der Waals surface area contributed by atoms with Crippen LogP contribution in [0.5, 0.6) is 0 Å². The third kappa shape index (κ3) is 1.71. The van der Waals surface area contributed by atoms with Gasteiger partial charge in [-0.3, -0.25) is 0 Å². The first-order valence-electron chi connectivity index (χ1n) is 4.80. The summed E-state index contributed by atoms with van der Waals surface area (Å²) < 4.78 is 4.73. The Kier molecular flexibility index (Phi) is 2.42. The maximum atomic E-state index is 11.5. The normalized spacial score (nSPS) is 10.3. The highest BCUT2D eigenvalue weighted by atomic mass is 16.5. The molecule has 0 spiro atoms. The predicted octanol–water partition coefficient (Wildman–Crippen LogP) is 2.93. The summed E-state index contributed by atoms with van der Waals surface area (Å²) in [6.07, 6.45) is 0. The molecule has 0 saturated carbocycles. The Morgan fingerprint density at radius 3 is 2.33 bits per heavy atom. The predicted molar refractivity (Wildman–Crippen MR) is 60.0 cm³/mol. The first-order chi connectivity index (χ1) is 7.22. The molecule has 0 bridgehead atoms. The lowest BCUT2D eigenvalue weighted by atomic mass is 10.0. The minimum atomic E-state index is -0.279. The number of methoxy groups -OCH3 is 1. The molecule has 2 aromatic rings. The van der Waals surface area contributed by atoms with Crippen LogP contribution in [-0.2, 0) is 4.74 Å². The molecule has 15 heavy (non-hydrogen) atoms. The summed E-state index contributed by atoms with van der Waals surface area (Å²) in [6, 6.07) is 11.8. The van der Waals surface area contributed by atoms with E-state index in [9.17, 15) is 4.79 Å². The van der Waals surface area contributed by atoms with Crippen molar-refractivity contribution in [2.45, 2.75) is 6.92 Å². The Hall–Kier alpha value is -1.83. The van der Waals surface area contributed by atoms with Crippen molar-refractivity contribution in [2.24, 2.45) is 0 Å². The number of carbonyl (C=O) groups excluding carboxylic acids is 1. The fourth-order valence-corrected chi connectivity index (χ4v) is 1.68. The van der Waals surface area contributed by atoms with E-state index in [4.69, 9.17) is 4.74 Å². The summed E-state index contributed by atoms with van der Waals surface area (Å²) in [5, 5.41) is 2.20. The molecule has 2 heteroatoms. The third-order valence-corrected chi connectivity index (χ3v) is 2.50. The van der Waals surface area contributed by atoms with Gasteiger partial charge in [-0.05, 0) is 29.3 Å². The molecule has 2 rings (SSSR count). The van der Waals surface area contributed by atoms with Gasteiger partial charge in [-0.25, -0.2) is 4.79 Å². The second-order valence-corrected chi connectivity index (χ2v) is 3.51. The number of benzene rings is 2. The van der Waals surface area contributed by atoms with Gasteiger partial charge in [0, 0.05) is 0 Å². The second-order valence-electron chi connectivity index (χ2n) is 3.51. The molecule has 2 aromatic carbocycles. The summed E-state index contributed by atoms with van der Waals surface area (Å²) in [5.41, 5.74) is 1.58. The highest BCUT2D eigenvalue weighted by Crippen LogP contribution is 2.19. The lowest BCUT2D eigenvalue weighted by molar-refractivity contribution is 0.0600. The monoisotopic (exact) mass is 200 g/mol. The van der Waals surface area contributed by atoms with Gasteiger partial charge in [0.1, 0.15) is 0 Å². The van der Waals surface area contributed by atoms with Gasteiger partial charge in [0.2, 0.25) is 0 Å². The van der Waals surface area contributed by atoms with Gasteiger partial charge in [-0.15, -0.1) is 0 Å². The topological polar surface area (TPSA) is 26.3 Å². The van der Waals surface area contributed by atoms with Crippen LogP contribution in [0.2, 0.25) is 0 Å². The van der Waals surface area contributed by atoms with E-state index in [1.807, 2.05) is 43.3 Å². The van der Waals surface area contributed by atoms with Crippen molar-refractivity contribution in [3.63, 3.8) is 0 Å². The Morgan fingerprint density at radius 1 is 1.13 bits per heavy atom. The highest BCUT2D eigenvalue weighted by molar-refractivity contribution is 5.97. The summed E-state index contributed by atoms with van der Waals surface area (Å²) in [6.45, 7) is 1.92. The molecule has 0 saturated heterocycles. The molecular formula is C13H12O2. The number of aryl methyl sites for hydroxylation is 1. The van der Waals surface area contributed by atoms with E-state index >= 15 is 0 Å². The van der Waals surface area contributed by atoms with E-state index in [1.165, 1.54) is 7.11 Å². The molecule has 0 atom stereocenters. The van der Waals surface area contributed by atoms with Gasteiger partial charge < -0.3 is 4.74 Å². The number of carbonyl (C=O) groups is 1. The minimum absolute atomic E-state index is 0.279. The Labute approximate surface area is 88.5 Å². The first kappa shape index (κ1) is 9.71. The molecule has 0 heterocycles. The van der Waals surface area contributed by atoms with Crippen molar-refractivity contribution in [3.8, 4) is 0 Å². The zero-order chi connectivity index (χ0) is 10.8. The number of hydrogen-bond donors (Lipinski definition) is 0. The molecule has 2 nitrogen and oxygen atoms in total. The number of fused-ring (bicyclic) bond motifs is 1. The lowest BCUT2D eigenvalue weighted by Crippen LogP contribution is -2.03. The molecule has 0 fully saturated rings. The van der Waals surface area contributed by atoms with Gasteiger partial charge in [0.25, 0.3) is 0 Å². The largest absolute Gasteiger partial charge is 0.465 e. The molecule has 0 aliphatic carbocycles. The van der Waals surface area contributed by atoms with Crippen LogP contribution in [-0.4, -0.2) is 13.1 Å². The van der Waals surface area contributed by atoms with E-state index in [1.54, 1.807) is 0 Å². The van der Waals surface area contributed by atoms with Gasteiger partial charge in [-0.1, -0.05) is 30.3 Å². The van der Waals surface area contributed by atoms with Crippen molar-refractivity contribution < 1.29 is 9.53 Å². The van der Waals surface area contributed by atoms with Crippen LogP contribution >= 0.6 is 0 Å². The van der Waals surface area contributed by atoms with Crippen LogP contribution in [0.15, 0.2) is 36.4 Å². The molecular weight excluding hydrogens is 188 g/mol. The summed E-state index contributed by atoms with van der Waals surface area (Å²) in [7, 11) is 1.40. The third-order valence-electron chi connectivity index (χ3n) is 2.50. The average Bonchev–Trinajstić information content (AvgIpc) is 2.27. The molecule has 0 aromatic heterocycles. The fourth-order valence-electron chi connectivity index (χ4n) is 1.68. The quantitative estimate of drug-likeness (QED) is 0.661. The van der Waals surface area contributed by atoms with Crippen LogP contribution in [0.1, 0.15) is 15.9 Å². The number of ether oxygens (including phenoxy) is 1. The van der Waals surface area contributed by atoms with Gasteiger partial charge >= 0.3 is 5.97 Å². The standard InChI is InChI=1S/C13H12O2/c1-9-7-10-5-3-4-6-11(10)8-12(9)13(14)15-2/h3-8H,1-2H3. The smallest absolute Gasteiger partial charge is 0.338 e. The van der Waals surface area contributed by atoms with Gasteiger partial charge in [0.05, 0.1) is 12.7 Å². The van der Waals surface area contributed by atoms with Crippen LogP contribution in [0.25, 0.3) is 10.8 Å². The molecule has 0 N–H and O–H groups in total. The van der Waals surface area contributed by atoms with Crippen molar-refractivity contribution in [2.75, 3.05) is 7.11 Å². The van der Waals surface area contributed by atoms with E-state index < -0.39 is 0 Å². The molecule has 76 valence electrons. The van der Waals surface area contributed by atoms with Crippen molar-refractivity contribution >= 4 is 16.7 Å². The molecule has 0 aliphatic heterocycles. The average molecular weight is 200 g/mol. The fraction of sp³-hybridized carbons (Fsp3) is 0.154. The Balaban J connectivity index is 2.67. The highest BCUT2D eigenvalue weighted by Gasteiger charge is 2.09. The van der Waals surface area contributed by atoms with Crippen LogP contribution in [0.4, 0.5) is 0 Å². The van der Waals surface area contributed by atoms with Crippen molar-refractivity contribution in [1.82, 2.24) is 0 Å². The molecule has 0 unspecified atom stereocenters. The van der Waals surface area contributed by atoms with E-state index in [2.05, 4.69) is 0 Å². The summed E-state index contributed by atoms with van der Waals surface area (Å²) in [5.74, 6) is -0.279. The Bertz CT molecular complexity index is 515. The maximum absolute atomic E-state index is 11.5.